The van der Waals surface area contributed by atoms with Crippen LogP contribution >= 0.6 is 11.3 Å². The van der Waals surface area contributed by atoms with Crippen molar-refractivity contribution in [1.29, 1.82) is 0 Å². The molecule has 0 bridgehead atoms. The van der Waals surface area contributed by atoms with E-state index < -0.39 is 5.97 Å². The van der Waals surface area contributed by atoms with Gasteiger partial charge in [-0.25, -0.2) is 4.79 Å². The topological polar surface area (TPSA) is 75.6 Å². The Kier molecular flexibility index (Phi) is 4.25. The van der Waals surface area contributed by atoms with Crippen molar-refractivity contribution in [2.24, 2.45) is 0 Å². The molecule has 1 aromatic heterocycles. The molecule has 0 aliphatic heterocycles. The molecule has 0 unspecified atom stereocenters. The van der Waals surface area contributed by atoms with Crippen LogP contribution in [0, 0.1) is 0 Å². The molecule has 0 aliphatic carbocycles. The van der Waals surface area contributed by atoms with Crippen LogP contribution in [0.1, 0.15) is 9.67 Å². The lowest BCUT2D eigenvalue weighted by Crippen LogP contribution is -2.20. The second-order valence-electron chi connectivity index (χ2n) is 4.82. The summed E-state index contributed by atoms with van der Waals surface area (Å²) in [6, 6.07) is 16.0. The first kappa shape index (κ1) is 15.1. The maximum atomic E-state index is 11.9. The van der Waals surface area contributed by atoms with Gasteiger partial charge in [-0.15, -0.1) is 11.3 Å². The number of carbonyl (C=O) groups is 2. The Hall–Kier alpha value is -2.86. The van der Waals surface area contributed by atoms with E-state index in [1.807, 2.05) is 18.2 Å². The largest absolute Gasteiger partial charge is 0.484 e. The van der Waals surface area contributed by atoms with Crippen LogP contribution in [0.25, 0.3) is 10.1 Å². The van der Waals surface area contributed by atoms with Crippen LogP contribution in [-0.2, 0) is 4.79 Å². The molecule has 116 valence electrons. The number of hydrogen-bond donors (Lipinski definition) is 2. The Balaban J connectivity index is 1.66. The quantitative estimate of drug-likeness (QED) is 0.750. The van der Waals surface area contributed by atoms with Crippen LogP contribution in [0.2, 0.25) is 0 Å². The van der Waals surface area contributed by atoms with E-state index in [0.29, 0.717) is 11.4 Å². The molecule has 1 amide bonds. The number of ether oxygens (including phenoxy) is 1. The minimum Gasteiger partial charge on any atom is -0.484 e. The Morgan fingerprint density at radius 2 is 1.87 bits per heavy atom. The van der Waals surface area contributed by atoms with Gasteiger partial charge in [0.1, 0.15) is 10.6 Å². The van der Waals surface area contributed by atoms with E-state index in [1.54, 1.807) is 36.4 Å². The summed E-state index contributed by atoms with van der Waals surface area (Å²) < 4.78 is 6.24. The van der Waals surface area contributed by atoms with Crippen LogP contribution in [0.5, 0.6) is 5.75 Å². The lowest BCUT2D eigenvalue weighted by molar-refractivity contribution is -0.118. The zero-order valence-electron chi connectivity index (χ0n) is 12.0. The van der Waals surface area contributed by atoms with Crippen LogP contribution in [0.15, 0.2) is 54.6 Å². The number of amides is 1. The Morgan fingerprint density at radius 1 is 1.09 bits per heavy atom. The van der Waals surface area contributed by atoms with Gasteiger partial charge in [-0.2, -0.15) is 0 Å². The molecule has 2 N–H and O–H groups in total. The summed E-state index contributed by atoms with van der Waals surface area (Å²) in [7, 11) is 0. The van der Waals surface area contributed by atoms with Gasteiger partial charge in [0.25, 0.3) is 5.91 Å². The fraction of sp³-hybridized carbons (Fsp3) is 0.0588. The highest BCUT2D eigenvalue weighted by molar-refractivity contribution is 7.20. The van der Waals surface area contributed by atoms with Gasteiger partial charge in [-0.3, -0.25) is 4.79 Å². The molecule has 1 heterocycles. The van der Waals surface area contributed by atoms with Gasteiger partial charge >= 0.3 is 5.97 Å². The highest BCUT2D eigenvalue weighted by Crippen LogP contribution is 2.28. The average Bonchev–Trinajstić information content (AvgIpc) is 2.97. The first-order valence-electron chi connectivity index (χ1n) is 6.86. The van der Waals surface area contributed by atoms with Gasteiger partial charge < -0.3 is 15.2 Å². The molecule has 3 rings (SSSR count). The second-order valence-corrected chi connectivity index (χ2v) is 5.90. The Bertz CT molecular complexity index is 857. The SMILES string of the molecule is O=C(COc1ccccc1)Nc1ccc2sc(C(=O)O)cc2c1. The smallest absolute Gasteiger partial charge is 0.345 e. The van der Waals surface area contributed by atoms with Gasteiger partial charge in [0.2, 0.25) is 0 Å². The van der Waals surface area contributed by atoms with E-state index in [1.165, 1.54) is 11.3 Å². The zero-order chi connectivity index (χ0) is 16.2. The highest BCUT2D eigenvalue weighted by atomic mass is 32.1. The first-order chi connectivity index (χ1) is 11.1. The maximum Gasteiger partial charge on any atom is 0.345 e. The Labute approximate surface area is 136 Å². The van der Waals surface area contributed by atoms with E-state index in [4.69, 9.17) is 9.84 Å². The molecule has 0 fully saturated rings. The second kappa shape index (κ2) is 6.50. The molecule has 0 saturated carbocycles. The number of benzene rings is 2. The number of fused-ring (bicyclic) bond motifs is 1. The molecule has 3 aromatic rings. The summed E-state index contributed by atoms with van der Waals surface area (Å²) >= 11 is 1.20. The third kappa shape index (κ3) is 3.67. The predicted molar refractivity (Wildman–Crippen MR) is 89.4 cm³/mol. The van der Waals surface area contributed by atoms with Gasteiger partial charge in [-0.1, -0.05) is 18.2 Å². The van der Waals surface area contributed by atoms with Crippen molar-refractivity contribution in [3.05, 3.63) is 59.5 Å². The van der Waals surface area contributed by atoms with Crippen LogP contribution in [0.3, 0.4) is 0 Å². The van der Waals surface area contributed by atoms with Gasteiger partial charge in [0, 0.05) is 10.4 Å². The van der Waals surface area contributed by atoms with E-state index in [-0.39, 0.29) is 17.4 Å². The minimum atomic E-state index is -0.951. The molecule has 5 nitrogen and oxygen atoms in total. The van der Waals surface area contributed by atoms with Gasteiger partial charge in [-0.05, 0) is 41.8 Å². The third-order valence-corrected chi connectivity index (χ3v) is 4.23. The number of hydrogen-bond acceptors (Lipinski definition) is 4. The molecule has 0 aliphatic rings. The lowest BCUT2D eigenvalue weighted by Gasteiger charge is -2.07. The highest BCUT2D eigenvalue weighted by Gasteiger charge is 2.10. The minimum absolute atomic E-state index is 0.0912. The number of thiophene rings is 1. The first-order valence-corrected chi connectivity index (χ1v) is 7.68. The third-order valence-electron chi connectivity index (χ3n) is 3.12. The van der Waals surface area contributed by atoms with Crippen molar-refractivity contribution in [2.45, 2.75) is 0 Å². The fourth-order valence-corrected chi connectivity index (χ4v) is 2.97. The molecular formula is C17H13NO4S. The summed E-state index contributed by atoms with van der Waals surface area (Å²) in [5.41, 5.74) is 0.605. The molecular weight excluding hydrogens is 314 g/mol. The summed E-state index contributed by atoms with van der Waals surface area (Å²) in [6.45, 7) is -0.0912. The van der Waals surface area contributed by atoms with Crippen LogP contribution in [-0.4, -0.2) is 23.6 Å². The zero-order valence-corrected chi connectivity index (χ0v) is 12.8. The van der Waals surface area contributed by atoms with Crippen molar-refractivity contribution in [2.75, 3.05) is 11.9 Å². The summed E-state index contributed by atoms with van der Waals surface area (Å²) in [5.74, 6) is -0.600. The summed E-state index contributed by atoms with van der Waals surface area (Å²) in [5, 5.41) is 12.5. The van der Waals surface area contributed by atoms with Crippen molar-refractivity contribution < 1.29 is 19.4 Å². The molecule has 0 radical (unpaired) electrons. The van der Waals surface area contributed by atoms with Gasteiger partial charge in [0.15, 0.2) is 6.61 Å². The number of carboxylic acid groups (broad SMARTS) is 1. The molecule has 23 heavy (non-hydrogen) atoms. The lowest BCUT2D eigenvalue weighted by atomic mass is 10.2. The molecule has 0 saturated heterocycles. The van der Waals surface area contributed by atoms with Crippen LogP contribution < -0.4 is 10.1 Å². The standard InChI is InChI=1S/C17H13NO4S/c19-16(10-22-13-4-2-1-3-5-13)18-12-6-7-14-11(8-12)9-15(23-14)17(20)21/h1-9H,10H2,(H,18,19)(H,20,21). The number of para-hydroxylation sites is 1. The average molecular weight is 327 g/mol. The van der Waals surface area contributed by atoms with Crippen molar-refractivity contribution in [1.82, 2.24) is 0 Å². The molecule has 0 atom stereocenters. The summed E-state index contributed by atoms with van der Waals surface area (Å²) in [6.07, 6.45) is 0. The number of carbonyl (C=O) groups excluding carboxylic acids is 1. The molecule has 6 heteroatoms. The van der Waals surface area contributed by atoms with E-state index in [0.717, 1.165) is 10.1 Å². The Morgan fingerprint density at radius 3 is 2.61 bits per heavy atom. The predicted octanol–water partition coefficient (Wildman–Crippen LogP) is 3.62. The normalized spacial score (nSPS) is 10.4. The number of carboxylic acids is 1. The molecule has 2 aromatic carbocycles. The van der Waals surface area contributed by atoms with Crippen molar-refractivity contribution >= 4 is 39.0 Å². The number of rotatable bonds is 5. The van der Waals surface area contributed by atoms with Crippen molar-refractivity contribution in [3.63, 3.8) is 0 Å². The molecule has 0 spiro atoms. The monoisotopic (exact) mass is 327 g/mol. The van der Waals surface area contributed by atoms with Gasteiger partial charge in [0.05, 0.1) is 0 Å². The number of aromatic carboxylic acids is 1. The number of nitrogens with one attached hydrogen (secondary N) is 1. The van der Waals surface area contributed by atoms with E-state index >= 15 is 0 Å². The fourth-order valence-electron chi connectivity index (χ4n) is 2.09. The van der Waals surface area contributed by atoms with Crippen molar-refractivity contribution in [3.8, 4) is 5.75 Å². The van der Waals surface area contributed by atoms with E-state index in [2.05, 4.69) is 5.32 Å². The van der Waals surface area contributed by atoms with E-state index in [9.17, 15) is 9.59 Å². The number of anilines is 1. The summed E-state index contributed by atoms with van der Waals surface area (Å²) in [4.78, 5) is 23.2. The van der Waals surface area contributed by atoms with Crippen LogP contribution in [0.4, 0.5) is 5.69 Å². The maximum absolute atomic E-state index is 11.9.